The fourth-order valence-electron chi connectivity index (χ4n) is 2.51. The van der Waals surface area contributed by atoms with Gasteiger partial charge in [0.2, 0.25) is 5.75 Å². The molecule has 0 saturated heterocycles. The van der Waals surface area contributed by atoms with E-state index in [0.29, 0.717) is 22.4 Å². The normalized spacial score (nSPS) is 15.0. The third kappa shape index (κ3) is 2.97. The highest BCUT2D eigenvalue weighted by Gasteiger charge is 2.24. The second-order valence-corrected chi connectivity index (χ2v) is 6.12. The molecule has 3 rings (SSSR count). The summed E-state index contributed by atoms with van der Waals surface area (Å²) < 4.78 is 16.7. The lowest BCUT2D eigenvalue weighted by molar-refractivity contribution is 0.100. The first-order chi connectivity index (χ1) is 11.5. The van der Waals surface area contributed by atoms with Gasteiger partial charge in [0.1, 0.15) is 12.4 Å². The summed E-state index contributed by atoms with van der Waals surface area (Å²) in [6, 6.07) is 8.60. The van der Waals surface area contributed by atoms with E-state index < -0.39 is 0 Å². The van der Waals surface area contributed by atoms with Crippen LogP contribution in [-0.4, -0.2) is 31.7 Å². The molecular formula is C18H15BrO5. The van der Waals surface area contributed by atoms with E-state index in [1.807, 2.05) is 6.07 Å². The Bertz CT molecular complexity index is 816. The van der Waals surface area contributed by atoms with Crippen molar-refractivity contribution in [1.29, 1.82) is 0 Å². The van der Waals surface area contributed by atoms with E-state index in [-0.39, 0.29) is 29.6 Å². The number of benzene rings is 2. The lowest BCUT2D eigenvalue weighted by atomic mass is 9.98. The fourth-order valence-corrected chi connectivity index (χ4v) is 2.87. The molecule has 1 heterocycles. The maximum Gasteiger partial charge on any atom is 0.200 e. The minimum Gasteiger partial charge on any atom is -0.502 e. The van der Waals surface area contributed by atoms with Crippen LogP contribution >= 0.6 is 15.9 Å². The number of carbonyl (C=O) groups is 1. The van der Waals surface area contributed by atoms with E-state index in [2.05, 4.69) is 15.9 Å². The molecule has 0 bridgehead atoms. The number of carbonyl (C=O) groups excluding carboxylic acids is 1. The molecule has 0 aliphatic carbocycles. The Kier molecular flexibility index (Phi) is 4.49. The number of aromatic hydroxyl groups is 1. The standard InChI is InChI=1S/C18H15BrO5/c1-22-15-6-10(7-16(23-2)18(15)21)5-11-9-24-14-4-3-12(19)8-13(14)17(11)20/h3-8,21H,9H2,1-2H3/b11-5+. The number of phenolic OH excluding ortho intramolecular Hbond substituents is 1. The summed E-state index contributed by atoms with van der Waals surface area (Å²) in [6.07, 6.45) is 1.71. The Morgan fingerprint density at radius 1 is 1.17 bits per heavy atom. The first-order valence-corrected chi connectivity index (χ1v) is 7.95. The van der Waals surface area contributed by atoms with Crippen LogP contribution in [0, 0.1) is 0 Å². The number of fused-ring (bicyclic) bond motifs is 1. The fraction of sp³-hybridized carbons (Fsp3) is 0.167. The molecule has 1 N–H and O–H groups in total. The second kappa shape index (κ2) is 6.57. The number of halogens is 1. The molecule has 0 spiro atoms. The van der Waals surface area contributed by atoms with E-state index in [1.165, 1.54) is 14.2 Å². The van der Waals surface area contributed by atoms with Gasteiger partial charge in [0.25, 0.3) is 0 Å². The minimum atomic E-state index is -0.0939. The molecule has 24 heavy (non-hydrogen) atoms. The third-order valence-electron chi connectivity index (χ3n) is 3.70. The highest BCUT2D eigenvalue weighted by atomic mass is 79.9. The summed E-state index contributed by atoms with van der Waals surface area (Å²) in [5.74, 6) is 0.939. The molecule has 0 aromatic heterocycles. The van der Waals surface area contributed by atoms with Crippen molar-refractivity contribution in [2.45, 2.75) is 0 Å². The Morgan fingerprint density at radius 3 is 2.46 bits per heavy atom. The molecule has 2 aromatic rings. The predicted octanol–water partition coefficient (Wildman–Crippen LogP) is 3.83. The Hall–Kier alpha value is -2.47. The molecule has 1 aliphatic rings. The molecule has 6 heteroatoms. The zero-order chi connectivity index (χ0) is 17.3. The van der Waals surface area contributed by atoms with E-state index >= 15 is 0 Å². The van der Waals surface area contributed by atoms with Crippen LogP contribution in [0.2, 0.25) is 0 Å². The number of phenols is 1. The summed E-state index contributed by atoms with van der Waals surface area (Å²) in [5.41, 5.74) is 1.70. The molecule has 0 saturated carbocycles. The smallest absolute Gasteiger partial charge is 0.200 e. The van der Waals surface area contributed by atoms with Crippen molar-refractivity contribution in [3.05, 3.63) is 51.5 Å². The Morgan fingerprint density at radius 2 is 1.83 bits per heavy atom. The van der Waals surface area contributed by atoms with Crippen LogP contribution in [0.25, 0.3) is 6.08 Å². The first kappa shape index (κ1) is 16.4. The lowest BCUT2D eigenvalue weighted by Crippen LogP contribution is -2.19. The number of hydrogen-bond acceptors (Lipinski definition) is 5. The van der Waals surface area contributed by atoms with Crippen LogP contribution < -0.4 is 14.2 Å². The number of ketones is 1. The molecule has 0 unspecified atom stereocenters. The number of methoxy groups -OCH3 is 2. The van der Waals surface area contributed by atoms with Crippen LogP contribution in [0.5, 0.6) is 23.0 Å². The zero-order valence-corrected chi connectivity index (χ0v) is 14.7. The quantitative estimate of drug-likeness (QED) is 0.806. The van der Waals surface area contributed by atoms with Gasteiger partial charge in [-0.05, 0) is 42.0 Å². The van der Waals surface area contributed by atoms with Gasteiger partial charge in [-0.1, -0.05) is 15.9 Å². The molecule has 2 aromatic carbocycles. The second-order valence-electron chi connectivity index (χ2n) is 5.20. The van der Waals surface area contributed by atoms with Crippen LogP contribution in [0.1, 0.15) is 15.9 Å². The average molecular weight is 391 g/mol. The summed E-state index contributed by atoms with van der Waals surface area (Å²) in [6.45, 7) is 0.180. The maximum atomic E-state index is 12.7. The Balaban J connectivity index is 2.02. The van der Waals surface area contributed by atoms with Crippen LogP contribution in [0.15, 0.2) is 40.4 Å². The molecule has 0 amide bonds. The van der Waals surface area contributed by atoms with Crippen LogP contribution in [-0.2, 0) is 0 Å². The van der Waals surface area contributed by atoms with Crippen molar-refractivity contribution in [1.82, 2.24) is 0 Å². The SMILES string of the molecule is COc1cc(/C=C2\COc3ccc(Br)cc3C2=O)cc(OC)c1O. The summed E-state index contributed by atoms with van der Waals surface area (Å²) in [4.78, 5) is 12.7. The summed E-state index contributed by atoms with van der Waals surface area (Å²) >= 11 is 3.36. The van der Waals surface area contributed by atoms with E-state index in [0.717, 1.165) is 4.47 Å². The number of rotatable bonds is 3. The van der Waals surface area contributed by atoms with Crippen molar-refractivity contribution >= 4 is 27.8 Å². The Labute approximate surface area is 147 Å². The molecule has 0 fully saturated rings. The lowest BCUT2D eigenvalue weighted by Gasteiger charge is -2.19. The van der Waals surface area contributed by atoms with Gasteiger partial charge in [0.15, 0.2) is 17.3 Å². The summed E-state index contributed by atoms with van der Waals surface area (Å²) in [5, 5.41) is 9.96. The van der Waals surface area contributed by atoms with Gasteiger partial charge in [-0.25, -0.2) is 0 Å². The van der Waals surface area contributed by atoms with Gasteiger partial charge in [0, 0.05) is 10.0 Å². The van der Waals surface area contributed by atoms with E-state index in [1.54, 1.807) is 30.3 Å². The molecule has 0 atom stereocenters. The molecular weight excluding hydrogens is 376 g/mol. The van der Waals surface area contributed by atoms with Crippen molar-refractivity contribution in [2.24, 2.45) is 0 Å². The molecule has 5 nitrogen and oxygen atoms in total. The molecule has 0 radical (unpaired) electrons. The zero-order valence-electron chi connectivity index (χ0n) is 13.1. The van der Waals surface area contributed by atoms with Crippen molar-refractivity contribution in [3.8, 4) is 23.0 Å². The van der Waals surface area contributed by atoms with Gasteiger partial charge in [-0.3, -0.25) is 4.79 Å². The largest absolute Gasteiger partial charge is 0.502 e. The topological polar surface area (TPSA) is 65.0 Å². The first-order valence-electron chi connectivity index (χ1n) is 7.16. The highest BCUT2D eigenvalue weighted by molar-refractivity contribution is 9.10. The van der Waals surface area contributed by atoms with Crippen molar-refractivity contribution in [2.75, 3.05) is 20.8 Å². The van der Waals surface area contributed by atoms with E-state index in [9.17, 15) is 9.90 Å². The van der Waals surface area contributed by atoms with Gasteiger partial charge in [-0.2, -0.15) is 0 Å². The van der Waals surface area contributed by atoms with Gasteiger partial charge < -0.3 is 19.3 Å². The highest BCUT2D eigenvalue weighted by Crippen LogP contribution is 2.38. The predicted molar refractivity (Wildman–Crippen MR) is 93.2 cm³/mol. The van der Waals surface area contributed by atoms with Crippen molar-refractivity contribution in [3.63, 3.8) is 0 Å². The average Bonchev–Trinajstić information content (AvgIpc) is 2.59. The number of ether oxygens (including phenoxy) is 3. The summed E-state index contributed by atoms with van der Waals surface area (Å²) in [7, 11) is 2.90. The third-order valence-corrected chi connectivity index (χ3v) is 4.20. The maximum absolute atomic E-state index is 12.7. The van der Waals surface area contributed by atoms with Crippen molar-refractivity contribution < 1.29 is 24.1 Å². The van der Waals surface area contributed by atoms with Crippen LogP contribution in [0.3, 0.4) is 0 Å². The molecule has 1 aliphatic heterocycles. The molecule has 124 valence electrons. The monoisotopic (exact) mass is 390 g/mol. The number of Topliss-reactive ketones (excluding diaryl/α,β-unsaturated/α-hetero) is 1. The van der Waals surface area contributed by atoms with Gasteiger partial charge in [-0.15, -0.1) is 0 Å². The van der Waals surface area contributed by atoms with Gasteiger partial charge in [0.05, 0.1) is 19.8 Å². The minimum absolute atomic E-state index is 0.0809. The van der Waals surface area contributed by atoms with E-state index in [4.69, 9.17) is 14.2 Å². The van der Waals surface area contributed by atoms with Crippen LogP contribution in [0.4, 0.5) is 0 Å². The van der Waals surface area contributed by atoms with Gasteiger partial charge >= 0.3 is 0 Å². The number of hydrogen-bond donors (Lipinski definition) is 1.